The molecule has 0 radical (unpaired) electrons. The summed E-state index contributed by atoms with van der Waals surface area (Å²) < 4.78 is 15.2. The Morgan fingerprint density at radius 2 is 2.08 bits per heavy atom. The maximum Gasteiger partial charge on any atom is 0.274 e. The molecule has 0 N–H and O–H groups in total. The average Bonchev–Trinajstić information content (AvgIpc) is 2.94. The molecule has 1 aliphatic heterocycles. The number of hydrogen-bond donors (Lipinski definition) is 0. The fourth-order valence-electron chi connectivity index (χ4n) is 4.15. The number of hydrogen-bond acceptors (Lipinski definition) is 3. The molecule has 2 aliphatic rings. The van der Waals surface area contributed by atoms with E-state index in [1.165, 1.54) is 6.07 Å². The van der Waals surface area contributed by atoms with Gasteiger partial charge in [-0.1, -0.05) is 17.7 Å². The average molecular weight is 377 g/mol. The van der Waals surface area contributed by atoms with Crippen LogP contribution in [0.4, 0.5) is 4.39 Å². The standard InChI is InChI=1S/C19H22ClFN4O/c1-23-7-13-14(8-23)15(13)9-25(19(26)18-10-24(2)11-22-18)6-12-3-4-17(21)16(20)5-12/h3-5,10-11,13-15H,6-9H2,1-2H3/t13-,14+,15?. The Hall–Kier alpha value is -1.92. The summed E-state index contributed by atoms with van der Waals surface area (Å²) in [6.07, 6.45) is 3.36. The first-order chi connectivity index (χ1) is 12.4. The van der Waals surface area contributed by atoms with Gasteiger partial charge in [-0.2, -0.15) is 0 Å². The van der Waals surface area contributed by atoms with Gasteiger partial charge in [-0.05, 0) is 42.5 Å². The van der Waals surface area contributed by atoms with Crippen molar-refractivity contribution >= 4 is 17.5 Å². The predicted molar refractivity (Wildman–Crippen MR) is 97.3 cm³/mol. The van der Waals surface area contributed by atoms with Crippen LogP contribution in [0.25, 0.3) is 0 Å². The molecule has 2 heterocycles. The largest absolute Gasteiger partial charge is 0.340 e. The second kappa shape index (κ2) is 6.67. The van der Waals surface area contributed by atoms with Crippen molar-refractivity contribution < 1.29 is 9.18 Å². The van der Waals surface area contributed by atoms with E-state index < -0.39 is 5.82 Å². The van der Waals surface area contributed by atoms with Crippen LogP contribution in [0.1, 0.15) is 16.1 Å². The molecular weight excluding hydrogens is 355 g/mol. The van der Waals surface area contributed by atoms with Crippen molar-refractivity contribution in [3.63, 3.8) is 0 Å². The van der Waals surface area contributed by atoms with E-state index in [-0.39, 0.29) is 10.9 Å². The molecule has 26 heavy (non-hydrogen) atoms. The van der Waals surface area contributed by atoms with Crippen LogP contribution in [0.3, 0.4) is 0 Å². The Balaban J connectivity index is 1.52. The highest BCUT2D eigenvalue weighted by molar-refractivity contribution is 6.30. The maximum atomic E-state index is 13.4. The first kappa shape index (κ1) is 17.5. The summed E-state index contributed by atoms with van der Waals surface area (Å²) in [6, 6.07) is 4.63. The smallest absolute Gasteiger partial charge is 0.274 e. The topological polar surface area (TPSA) is 41.4 Å². The van der Waals surface area contributed by atoms with E-state index in [2.05, 4.69) is 16.9 Å². The minimum absolute atomic E-state index is 0.0812. The molecule has 2 fully saturated rings. The number of likely N-dealkylation sites (tertiary alicyclic amines) is 1. The molecular formula is C19H22ClFN4O. The molecule has 0 bridgehead atoms. The van der Waals surface area contributed by atoms with Crippen LogP contribution in [0, 0.1) is 23.6 Å². The van der Waals surface area contributed by atoms with E-state index in [0.29, 0.717) is 36.5 Å². The number of piperidine rings is 1. The lowest BCUT2D eigenvalue weighted by Crippen LogP contribution is -2.34. The summed E-state index contributed by atoms with van der Waals surface area (Å²) in [6.45, 7) is 3.31. The van der Waals surface area contributed by atoms with Gasteiger partial charge in [-0.3, -0.25) is 4.79 Å². The highest BCUT2D eigenvalue weighted by Gasteiger charge is 2.55. The zero-order chi connectivity index (χ0) is 18.4. The van der Waals surface area contributed by atoms with Crippen molar-refractivity contribution in [3.8, 4) is 0 Å². The van der Waals surface area contributed by atoms with Gasteiger partial charge in [0.15, 0.2) is 0 Å². The van der Waals surface area contributed by atoms with Crippen molar-refractivity contribution in [2.75, 3.05) is 26.7 Å². The first-order valence-corrected chi connectivity index (χ1v) is 9.20. The van der Waals surface area contributed by atoms with Gasteiger partial charge in [0.2, 0.25) is 0 Å². The molecule has 2 aromatic rings. The zero-order valence-corrected chi connectivity index (χ0v) is 15.7. The molecule has 5 nitrogen and oxygen atoms in total. The fraction of sp³-hybridized carbons (Fsp3) is 0.474. The monoisotopic (exact) mass is 376 g/mol. The lowest BCUT2D eigenvalue weighted by molar-refractivity contribution is 0.0720. The number of halogens is 2. The summed E-state index contributed by atoms with van der Waals surface area (Å²) in [4.78, 5) is 21.4. The number of nitrogens with zero attached hydrogens (tertiary/aromatic N) is 4. The molecule has 1 unspecified atom stereocenters. The van der Waals surface area contributed by atoms with E-state index in [1.807, 2.05) is 11.9 Å². The molecule has 138 valence electrons. The van der Waals surface area contributed by atoms with Crippen molar-refractivity contribution in [1.82, 2.24) is 19.4 Å². The van der Waals surface area contributed by atoms with E-state index in [9.17, 15) is 9.18 Å². The number of carbonyl (C=O) groups is 1. The maximum absolute atomic E-state index is 13.4. The number of fused-ring (bicyclic) bond motifs is 1. The van der Waals surface area contributed by atoms with Crippen molar-refractivity contribution in [3.05, 3.63) is 52.8 Å². The molecule has 1 aliphatic carbocycles. The summed E-state index contributed by atoms with van der Waals surface area (Å²) in [5.41, 5.74) is 1.26. The minimum atomic E-state index is -0.446. The van der Waals surface area contributed by atoms with Gasteiger partial charge in [0.25, 0.3) is 5.91 Å². The van der Waals surface area contributed by atoms with Gasteiger partial charge in [-0.15, -0.1) is 0 Å². The third-order valence-electron chi connectivity index (χ3n) is 5.55. The van der Waals surface area contributed by atoms with E-state index >= 15 is 0 Å². The van der Waals surface area contributed by atoms with Gasteiger partial charge in [-0.25, -0.2) is 9.37 Å². The summed E-state index contributed by atoms with van der Waals surface area (Å²) in [7, 11) is 3.98. The highest BCUT2D eigenvalue weighted by Crippen LogP contribution is 2.51. The number of rotatable bonds is 5. The SMILES string of the molecule is CN1C[C@@H]2C(CN(Cc3ccc(F)c(Cl)c3)C(=O)c3cn(C)cn3)[C@@H]2C1. The Labute approximate surface area is 157 Å². The highest BCUT2D eigenvalue weighted by atomic mass is 35.5. The molecule has 3 atom stereocenters. The van der Waals surface area contributed by atoms with Crippen molar-refractivity contribution in [1.29, 1.82) is 0 Å². The van der Waals surface area contributed by atoms with Crippen LogP contribution < -0.4 is 0 Å². The van der Waals surface area contributed by atoms with Crippen LogP contribution in [0.15, 0.2) is 30.7 Å². The molecule has 4 rings (SSSR count). The molecule has 0 spiro atoms. The van der Waals surface area contributed by atoms with Gasteiger partial charge < -0.3 is 14.4 Å². The number of benzene rings is 1. The lowest BCUT2D eigenvalue weighted by atomic mass is 10.1. The lowest BCUT2D eigenvalue weighted by Gasteiger charge is -2.24. The zero-order valence-electron chi connectivity index (χ0n) is 14.9. The number of aryl methyl sites for hydroxylation is 1. The second-order valence-corrected chi connectivity index (χ2v) is 7.98. The van der Waals surface area contributed by atoms with Crippen LogP contribution in [-0.4, -0.2) is 51.9 Å². The number of amides is 1. The quantitative estimate of drug-likeness (QED) is 0.805. The van der Waals surface area contributed by atoms with Crippen LogP contribution in [0.5, 0.6) is 0 Å². The van der Waals surface area contributed by atoms with Crippen molar-refractivity contribution in [2.24, 2.45) is 24.8 Å². The molecule has 1 saturated heterocycles. The van der Waals surface area contributed by atoms with E-state index in [4.69, 9.17) is 11.6 Å². The third kappa shape index (κ3) is 3.35. The Morgan fingerprint density at radius 1 is 1.35 bits per heavy atom. The number of carbonyl (C=O) groups excluding carboxylic acids is 1. The normalized spacial score (nSPS) is 24.5. The fourth-order valence-corrected chi connectivity index (χ4v) is 4.35. The summed E-state index contributed by atoms with van der Waals surface area (Å²) in [5.74, 6) is 1.35. The van der Waals surface area contributed by atoms with E-state index in [1.54, 1.807) is 29.2 Å². The summed E-state index contributed by atoms with van der Waals surface area (Å²) in [5, 5.41) is 0.0812. The Kier molecular flexibility index (Phi) is 4.49. The van der Waals surface area contributed by atoms with Crippen LogP contribution in [-0.2, 0) is 13.6 Å². The molecule has 7 heteroatoms. The molecule has 1 aromatic carbocycles. The van der Waals surface area contributed by atoms with Crippen molar-refractivity contribution in [2.45, 2.75) is 6.54 Å². The van der Waals surface area contributed by atoms with Crippen LogP contribution >= 0.6 is 11.6 Å². The minimum Gasteiger partial charge on any atom is -0.340 e. The third-order valence-corrected chi connectivity index (χ3v) is 5.84. The Morgan fingerprint density at radius 3 is 2.69 bits per heavy atom. The van der Waals surface area contributed by atoms with Gasteiger partial charge >= 0.3 is 0 Å². The Bertz CT molecular complexity index is 827. The summed E-state index contributed by atoms with van der Waals surface area (Å²) >= 11 is 5.91. The van der Waals surface area contributed by atoms with Crippen LogP contribution in [0.2, 0.25) is 5.02 Å². The van der Waals surface area contributed by atoms with E-state index in [0.717, 1.165) is 18.7 Å². The first-order valence-electron chi connectivity index (χ1n) is 8.82. The number of aromatic nitrogens is 2. The predicted octanol–water partition coefficient (Wildman–Crippen LogP) is 2.66. The second-order valence-electron chi connectivity index (χ2n) is 7.57. The number of imidazole rings is 1. The van der Waals surface area contributed by atoms with Gasteiger partial charge in [0.1, 0.15) is 11.5 Å². The molecule has 1 aromatic heterocycles. The van der Waals surface area contributed by atoms with Gasteiger partial charge in [0.05, 0.1) is 11.3 Å². The molecule has 1 saturated carbocycles. The molecule has 1 amide bonds. The van der Waals surface area contributed by atoms with Gasteiger partial charge in [0, 0.05) is 39.4 Å².